The molecule has 1 atom stereocenters. The summed E-state index contributed by atoms with van der Waals surface area (Å²) in [6.45, 7) is 2.48. The summed E-state index contributed by atoms with van der Waals surface area (Å²) >= 11 is 0. The maximum Gasteiger partial charge on any atom is 0.123 e. The number of hydrogen-bond acceptors (Lipinski definition) is 5. The zero-order valence-corrected chi connectivity index (χ0v) is 11.6. The number of hydrogen-bond donors (Lipinski definition) is 2. The van der Waals surface area contributed by atoms with E-state index in [-0.39, 0.29) is 0 Å². The molecule has 1 aromatic carbocycles. The summed E-state index contributed by atoms with van der Waals surface area (Å²) in [5.41, 5.74) is 1.07. The van der Waals surface area contributed by atoms with E-state index in [0.717, 1.165) is 11.3 Å². The second kappa shape index (κ2) is 9.75. The maximum atomic E-state index is 9.69. The molecule has 0 saturated carbocycles. The molecule has 2 N–H and O–H groups in total. The highest BCUT2D eigenvalue weighted by Crippen LogP contribution is 2.16. The van der Waals surface area contributed by atoms with Crippen molar-refractivity contribution in [3.05, 3.63) is 29.8 Å². The Morgan fingerprint density at radius 1 is 1.21 bits per heavy atom. The van der Waals surface area contributed by atoms with Gasteiger partial charge in [-0.15, -0.1) is 0 Å². The smallest absolute Gasteiger partial charge is 0.123 e. The minimum absolute atomic E-state index is 0.308. The molecular formula is C14H23NO4. The molecule has 0 amide bonds. The summed E-state index contributed by atoms with van der Waals surface area (Å²) < 4.78 is 15.3. The largest absolute Gasteiger partial charge is 0.496 e. The molecule has 0 aliphatic rings. The third-order valence-corrected chi connectivity index (χ3v) is 2.63. The van der Waals surface area contributed by atoms with Crippen LogP contribution in [0.2, 0.25) is 0 Å². The van der Waals surface area contributed by atoms with Crippen LogP contribution in [0.15, 0.2) is 24.3 Å². The van der Waals surface area contributed by atoms with Gasteiger partial charge in [-0.2, -0.15) is 0 Å². The van der Waals surface area contributed by atoms with Crippen molar-refractivity contribution in [1.29, 1.82) is 0 Å². The zero-order chi connectivity index (χ0) is 13.9. The molecule has 19 heavy (non-hydrogen) atoms. The number of rotatable bonds is 10. The van der Waals surface area contributed by atoms with Crippen LogP contribution < -0.4 is 10.1 Å². The highest BCUT2D eigenvalue weighted by molar-refractivity contribution is 5.32. The van der Waals surface area contributed by atoms with Crippen LogP contribution in [0.4, 0.5) is 0 Å². The molecule has 108 valence electrons. The first kappa shape index (κ1) is 15.9. The van der Waals surface area contributed by atoms with Crippen molar-refractivity contribution in [2.24, 2.45) is 0 Å². The predicted molar refractivity (Wildman–Crippen MR) is 73.4 cm³/mol. The van der Waals surface area contributed by atoms with Gasteiger partial charge in [-0.3, -0.25) is 0 Å². The number of nitrogens with one attached hydrogen (secondary N) is 1. The zero-order valence-electron chi connectivity index (χ0n) is 11.6. The lowest BCUT2D eigenvalue weighted by atomic mass is 10.2. The van der Waals surface area contributed by atoms with Crippen molar-refractivity contribution in [2.75, 3.05) is 40.6 Å². The van der Waals surface area contributed by atoms with E-state index in [1.807, 2.05) is 24.3 Å². The summed E-state index contributed by atoms with van der Waals surface area (Å²) in [4.78, 5) is 0. The normalized spacial score (nSPS) is 12.4. The van der Waals surface area contributed by atoms with Crippen molar-refractivity contribution >= 4 is 0 Å². The number of aliphatic hydroxyl groups excluding tert-OH is 1. The van der Waals surface area contributed by atoms with Gasteiger partial charge in [0, 0.05) is 25.8 Å². The quantitative estimate of drug-likeness (QED) is 0.616. The Morgan fingerprint density at radius 3 is 2.74 bits per heavy atom. The summed E-state index contributed by atoms with van der Waals surface area (Å²) in [5, 5.41) is 12.9. The average Bonchev–Trinajstić information content (AvgIpc) is 2.44. The fourth-order valence-corrected chi connectivity index (χ4v) is 1.64. The topological polar surface area (TPSA) is 60.0 Å². The van der Waals surface area contributed by atoms with Crippen LogP contribution in [0, 0.1) is 0 Å². The van der Waals surface area contributed by atoms with Gasteiger partial charge in [-0.1, -0.05) is 18.2 Å². The SMILES string of the molecule is COCCOCC(O)CNCc1ccccc1OC. The fourth-order valence-electron chi connectivity index (χ4n) is 1.64. The molecule has 0 aliphatic carbocycles. The van der Waals surface area contributed by atoms with E-state index in [1.54, 1.807) is 14.2 Å². The van der Waals surface area contributed by atoms with Crippen molar-refractivity contribution in [2.45, 2.75) is 12.6 Å². The monoisotopic (exact) mass is 269 g/mol. The number of benzene rings is 1. The third-order valence-electron chi connectivity index (χ3n) is 2.63. The van der Waals surface area contributed by atoms with E-state index in [2.05, 4.69) is 5.32 Å². The Labute approximate surface area is 114 Å². The third kappa shape index (κ3) is 6.54. The summed E-state index contributed by atoms with van der Waals surface area (Å²) in [5.74, 6) is 0.848. The van der Waals surface area contributed by atoms with Crippen molar-refractivity contribution < 1.29 is 19.3 Å². The molecule has 0 saturated heterocycles. The van der Waals surface area contributed by atoms with Gasteiger partial charge in [0.15, 0.2) is 0 Å². The maximum absolute atomic E-state index is 9.69. The first-order valence-electron chi connectivity index (χ1n) is 6.35. The van der Waals surface area contributed by atoms with Gasteiger partial charge < -0.3 is 24.6 Å². The van der Waals surface area contributed by atoms with Crippen LogP contribution >= 0.6 is 0 Å². The minimum atomic E-state index is -0.522. The van der Waals surface area contributed by atoms with Crippen LogP contribution in [0.1, 0.15) is 5.56 Å². The molecule has 0 spiro atoms. The van der Waals surface area contributed by atoms with Crippen molar-refractivity contribution in [3.8, 4) is 5.75 Å². The number of para-hydroxylation sites is 1. The van der Waals surface area contributed by atoms with Gasteiger partial charge in [0.2, 0.25) is 0 Å². The Bertz CT molecular complexity index is 346. The van der Waals surface area contributed by atoms with Crippen LogP contribution in [-0.2, 0) is 16.0 Å². The summed E-state index contributed by atoms with van der Waals surface area (Å²) in [6, 6.07) is 7.80. The minimum Gasteiger partial charge on any atom is -0.496 e. The Balaban J connectivity index is 2.18. The predicted octanol–water partition coefficient (Wildman–Crippen LogP) is 0.809. The molecule has 5 heteroatoms. The van der Waals surface area contributed by atoms with Gasteiger partial charge in [0.25, 0.3) is 0 Å². The highest BCUT2D eigenvalue weighted by atomic mass is 16.5. The fraction of sp³-hybridized carbons (Fsp3) is 0.571. The molecule has 5 nitrogen and oxygen atoms in total. The van der Waals surface area contributed by atoms with Crippen molar-refractivity contribution in [1.82, 2.24) is 5.32 Å². The molecular weight excluding hydrogens is 246 g/mol. The van der Waals surface area contributed by atoms with E-state index in [0.29, 0.717) is 32.9 Å². The first-order valence-corrected chi connectivity index (χ1v) is 6.35. The standard InChI is InChI=1S/C14H23NO4/c1-17-7-8-19-11-13(16)10-15-9-12-5-3-4-6-14(12)18-2/h3-6,13,15-16H,7-11H2,1-2H3. The van der Waals surface area contributed by atoms with Crippen LogP contribution in [0.3, 0.4) is 0 Å². The van der Waals surface area contributed by atoms with Crippen molar-refractivity contribution in [3.63, 3.8) is 0 Å². The molecule has 0 heterocycles. The van der Waals surface area contributed by atoms with E-state index < -0.39 is 6.10 Å². The van der Waals surface area contributed by atoms with Crippen LogP contribution in [0.25, 0.3) is 0 Å². The average molecular weight is 269 g/mol. The molecule has 1 aromatic rings. The van der Waals surface area contributed by atoms with E-state index in [1.165, 1.54) is 0 Å². The molecule has 0 bridgehead atoms. The lowest BCUT2D eigenvalue weighted by Crippen LogP contribution is -2.30. The molecule has 0 aliphatic heterocycles. The lowest BCUT2D eigenvalue weighted by Gasteiger charge is -2.13. The van der Waals surface area contributed by atoms with Gasteiger partial charge in [0.05, 0.1) is 33.0 Å². The number of methoxy groups -OCH3 is 2. The van der Waals surface area contributed by atoms with E-state index in [9.17, 15) is 5.11 Å². The molecule has 0 radical (unpaired) electrons. The number of aliphatic hydroxyl groups is 1. The molecule has 1 rings (SSSR count). The van der Waals surface area contributed by atoms with Crippen LogP contribution in [-0.4, -0.2) is 51.8 Å². The molecule has 0 aromatic heterocycles. The Hall–Kier alpha value is -1.14. The summed E-state index contributed by atoms with van der Waals surface area (Å²) in [6.07, 6.45) is -0.522. The molecule has 0 fully saturated rings. The second-order valence-corrected chi connectivity index (χ2v) is 4.16. The highest BCUT2D eigenvalue weighted by Gasteiger charge is 2.05. The first-order chi connectivity index (χ1) is 9.27. The lowest BCUT2D eigenvalue weighted by molar-refractivity contribution is 0.0137. The second-order valence-electron chi connectivity index (χ2n) is 4.16. The van der Waals surface area contributed by atoms with Gasteiger partial charge >= 0.3 is 0 Å². The summed E-state index contributed by atoms with van der Waals surface area (Å²) in [7, 11) is 3.27. The number of ether oxygens (including phenoxy) is 3. The van der Waals surface area contributed by atoms with Gasteiger partial charge in [-0.25, -0.2) is 0 Å². The van der Waals surface area contributed by atoms with Crippen LogP contribution in [0.5, 0.6) is 5.75 Å². The van der Waals surface area contributed by atoms with E-state index in [4.69, 9.17) is 14.2 Å². The van der Waals surface area contributed by atoms with Gasteiger partial charge in [0.1, 0.15) is 5.75 Å². The Morgan fingerprint density at radius 2 is 2.00 bits per heavy atom. The van der Waals surface area contributed by atoms with E-state index >= 15 is 0 Å². The van der Waals surface area contributed by atoms with Gasteiger partial charge in [-0.05, 0) is 6.07 Å². The molecule has 1 unspecified atom stereocenters. The Kier molecular flexibility index (Phi) is 8.16.